The maximum Gasteiger partial charge on any atom is 0.302 e. The summed E-state index contributed by atoms with van der Waals surface area (Å²) in [4.78, 5) is 22.5. The van der Waals surface area contributed by atoms with Crippen molar-refractivity contribution in [2.75, 3.05) is 0 Å². The lowest BCUT2D eigenvalue weighted by Crippen LogP contribution is -2.65. The molecule has 7 atom stereocenters. The van der Waals surface area contributed by atoms with Gasteiger partial charge in [-0.05, 0) is 56.4 Å². The first-order chi connectivity index (χ1) is 12.1. The molecule has 0 N–H and O–H groups in total. The van der Waals surface area contributed by atoms with Gasteiger partial charge in [0.05, 0.1) is 4.87 Å². The number of hydrogen-bond acceptors (Lipinski definition) is 3. The highest BCUT2D eigenvalue weighted by molar-refractivity contribution is 6.26. The Hall–Kier alpha value is -0.900. The van der Waals surface area contributed by atoms with E-state index in [1.54, 1.807) is 6.08 Å². The molecule has 0 aromatic carbocycles. The van der Waals surface area contributed by atoms with Gasteiger partial charge in [0.2, 0.25) is 0 Å². The number of ether oxygens (including phenoxy) is 1. The van der Waals surface area contributed by atoms with Crippen molar-refractivity contribution in [1.82, 2.24) is 0 Å². The average molecular weight is 383 g/mol. The topological polar surface area (TPSA) is 43.4 Å². The van der Waals surface area contributed by atoms with Crippen molar-refractivity contribution in [1.29, 1.82) is 0 Å². The molecule has 0 aliphatic heterocycles. The first kappa shape index (κ1) is 18.5. The highest BCUT2D eigenvalue weighted by Crippen LogP contribution is 2.70. The molecule has 3 fully saturated rings. The SMILES string of the molecule is CC(=O)OC1CC[C@H]2[C@@H]3CCC4=CC(=O)CC[C@]4(C)[C@]3(Cl)C(F)C[C@]12C. The molecule has 0 bridgehead atoms. The molecule has 0 aromatic rings. The molecule has 0 radical (unpaired) electrons. The predicted molar refractivity (Wildman–Crippen MR) is 97.6 cm³/mol. The quantitative estimate of drug-likeness (QED) is 0.485. The molecule has 144 valence electrons. The van der Waals surface area contributed by atoms with Crippen LogP contribution in [-0.2, 0) is 14.3 Å². The summed E-state index contributed by atoms with van der Waals surface area (Å²) in [6.07, 6.45) is 5.09. The molecule has 26 heavy (non-hydrogen) atoms. The molecule has 0 amide bonds. The van der Waals surface area contributed by atoms with Crippen molar-refractivity contribution in [3.8, 4) is 0 Å². The lowest BCUT2D eigenvalue weighted by molar-refractivity contribution is -0.160. The summed E-state index contributed by atoms with van der Waals surface area (Å²) < 4.78 is 21.4. The van der Waals surface area contributed by atoms with Crippen LogP contribution in [0.2, 0.25) is 0 Å². The van der Waals surface area contributed by atoms with E-state index in [2.05, 4.69) is 13.8 Å². The normalized spacial score (nSPS) is 50.3. The fraction of sp³-hybridized carbons (Fsp3) is 0.810. The van der Waals surface area contributed by atoms with Gasteiger partial charge in [0.15, 0.2) is 5.78 Å². The van der Waals surface area contributed by atoms with Crippen LogP contribution in [0.25, 0.3) is 0 Å². The fourth-order valence-electron chi connectivity index (χ4n) is 6.85. The third-order valence-corrected chi connectivity index (χ3v) is 9.15. The van der Waals surface area contributed by atoms with Gasteiger partial charge in [-0.15, -0.1) is 11.6 Å². The molecule has 2 unspecified atom stereocenters. The lowest BCUT2D eigenvalue weighted by atomic mass is 9.46. The van der Waals surface area contributed by atoms with Crippen LogP contribution in [0.1, 0.15) is 65.7 Å². The number of halogens is 2. The summed E-state index contributed by atoms with van der Waals surface area (Å²) in [5.41, 5.74) is 0.225. The second kappa shape index (κ2) is 5.80. The summed E-state index contributed by atoms with van der Waals surface area (Å²) >= 11 is 7.24. The van der Waals surface area contributed by atoms with Crippen molar-refractivity contribution in [2.24, 2.45) is 22.7 Å². The van der Waals surface area contributed by atoms with Crippen LogP contribution in [-0.4, -0.2) is 28.9 Å². The van der Waals surface area contributed by atoms with Gasteiger partial charge in [-0.1, -0.05) is 19.4 Å². The number of allylic oxidation sites excluding steroid dienone is 1. The van der Waals surface area contributed by atoms with Crippen LogP contribution in [0.15, 0.2) is 11.6 Å². The smallest absolute Gasteiger partial charge is 0.302 e. The Morgan fingerprint density at radius 3 is 2.65 bits per heavy atom. The third-order valence-electron chi connectivity index (χ3n) is 8.22. The number of ketones is 1. The summed E-state index contributed by atoms with van der Waals surface area (Å²) in [5, 5.41) is 0. The van der Waals surface area contributed by atoms with Crippen molar-refractivity contribution in [2.45, 2.75) is 82.9 Å². The number of alkyl halides is 2. The Balaban J connectivity index is 1.74. The number of fused-ring (bicyclic) bond motifs is 5. The van der Waals surface area contributed by atoms with Crippen LogP contribution >= 0.6 is 11.6 Å². The fourth-order valence-corrected chi connectivity index (χ4v) is 7.40. The molecule has 4 aliphatic rings. The molecule has 0 aromatic heterocycles. The molecule has 0 spiro atoms. The number of hydrogen-bond donors (Lipinski definition) is 0. The van der Waals surface area contributed by atoms with Gasteiger partial charge in [0, 0.05) is 24.2 Å². The highest BCUT2D eigenvalue weighted by Gasteiger charge is 2.70. The maximum absolute atomic E-state index is 15.8. The zero-order valence-electron chi connectivity index (χ0n) is 15.8. The summed E-state index contributed by atoms with van der Waals surface area (Å²) in [6.45, 7) is 5.58. The predicted octanol–water partition coefficient (Wildman–Crippen LogP) is 4.76. The zero-order valence-corrected chi connectivity index (χ0v) is 16.6. The Kier molecular flexibility index (Phi) is 4.12. The van der Waals surface area contributed by atoms with Gasteiger partial charge in [-0.3, -0.25) is 9.59 Å². The van der Waals surface area contributed by atoms with E-state index < -0.39 is 16.5 Å². The third kappa shape index (κ3) is 2.23. The summed E-state index contributed by atoms with van der Waals surface area (Å²) in [6, 6.07) is 0. The first-order valence-corrected chi connectivity index (χ1v) is 10.2. The molecule has 4 rings (SSSR count). The Morgan fingerprint density at radius 2 is 1.96 bits per heavy atom. The molecular weight excluding hydrogens is 355 g/mol. The van der Waals surface area contributed by atoms with Crippen molar-refractivity contribution < 1.29 is 18.7 Å². The molecule has 0 saturated heterocycles. The first-order valence-electron chi connectivity index (χ1n) is 9.87. The van der Waals surface area contributed by atoms with Crippen LogP contribution in [0.4, 0.5) is 4.39 Å². The minimum atomic E-state index is -1.17. The monoisotopic (exact) mass is 382 g/mol. The van der Waals surface area contributed by atoms with Gasteiger partial charge in [-0.2, -0.15) is 0 Å². The number of carbonyl (C=O) groups is 2. The van der Waals surface area contributed by atoms with E-state index in [1.807, 2.05) is 0 Å². The van der Waals surface area contributed by atoms with E-state index in [0.29, 0.717) is 19.3 Å². The molecule has 5 heteroatoms. The van der Waals surface area contributed by atoms with Crippen LogP contribution in [0.5, 0.6) is 0 Å². The van der Waals surface area contributed by atoms with E-state index in [0.717, 1.165) is 31.3 Å². The minimum absolute atomic E-state index is 0.0498. The van der Waals surface area contributed by atoms with Crippen molar-refractivity contribution in [3.63, 3.8) is 0 Å². The van der Waals surface area contributed by atoms with E-state index >= 15 is 4.39 Å². The minimum Gasteiger partial charge on any atom is -0.462 e. The Bertz CT molecular complexity index is 691. The van der Waals surface area contributed by atoms with Crippen LogP contribution < -0.4 is 0 Å². The van der Waals surface area contributed by atoms with E-state index in [9.17, 15) is 9.59 Å². The number of carbonyl (C=O) groups excluding carboxylic acids is 2. The number of esters is 1. The van der Waals surface area contributed by atoms with Crippen LogP contribution in [0.3, 0.4) is 0 Å². The zero-order chi connectivity index (χ0) is 18.9. The molecule has 3 saturated carbocycles. The summed E-state index contributed by atoms with van der Waals surface area (Å²) in [7, 11) is 0. The van der Waals surface area contributed by atoms with Gasteiger partial charge < -0.3 is 4.74 Å². The standard InChI is InChI=1S/C21H28ClFO3/c1-12(24)26-18-7-6-15-16-5-4-13-10-14(25)8-9-20(13,3)21(16,22)17(23)11-19(15,18)2/h10,15-18H,4-9,11H2,1-3H3/t15-,16-,17?,18?,19-,20-,21+/m0/s1. The summed E-state index contributed by atoms with van der Waals surface area (Å²) in [5.74, 6) is 0.158. The molecular formula is C21H28ClFO3. The van der Waals surface area contributed by atoms with Gasteiger partial charge in [0.25, 0.3) is 0 Å². The van der Waals surface area contributed by atoms with Crippen molar-refractivity contribution >= 4 is 23.4 Å². The van der Waals surface area contributed by atoms with Crippen LogP contribution in [0, 0.1) is 22.7 Å². The van der Waals surface area contributed by atoms with Gasteiger partial charge >= 0.3 is 5.97 Å². The van der Waals surface area contributed by atoms with E-state index in [4.69, 9.17) is 16.3 Å². The molecule has 0 heterocycles. The average Bonchev–Trinajstić information content (AvgIpc) is 2.86. The van der Waals surface area contributed by atoms with E-state index in [-0.39, 0.29) is 35.1 Å². The second-order valence-electron chi connectivity index (χ2n) is 9.34. The van der Waals surface area contributed by atoms with E-state index in [1.165, 1.54) is 6.92 Å². The molecule has 4 aliphatic carbocycles. The largest absolute Gasteiger partial charge is 0.462 e. The van der Waals surface area contributed by atoms with Crippen molar-refractivity contribution in [3.05, 3.63) is 11.6 Å². The highest BCUT2D eigenvalue weighted by atomic mass is 35.5. The Morgan fingerprint density at radius 1 is 1.23 bits per heavy atom. The van der Waals surface area contributed by atoms with Gasteiger partial charge in [0.1, 0.15) is 12.3 Å². The van der Waals surface area contributed by atoms with Gasteiger partial charge in [-0.25, -0.2) is 4.39 Å². The molecule has 3 nitrogen and oxygen atoms in total. The second-order valence-corrected chi connectivity index (χ2v) is 9.97. The maximum atomic E-state index is 15.8. The number of rotatable bonds is 1. The Labute approximate surface area is 159 Å². The lowest BCUT2D eigenvalue weighted by Gasteiger charge is -2.63.